The van der Waals surface area contributed by atoms with Gasteiger partial charge in [0.2, 0.25) is 0 Å². The molecule has 110 valence electrons. The van der Waals surface area contributed by atoms with Crippen LogP contribution in [0.15, 0.2) is 24.3 Å². The van der Waals surface area contributed by atoms with Crippen molar-refractivity contribution in [3.8, 4) is 0 Å². The first kappa shape index (κ1) is 14.1. The summed E-state index contributed by atoms with van der Waals surface area (Å²) in [4.78, 5) is 0. The lowest BCUT2D eigenvalue weighted by Crippen LogP contribution is -2.34. The molecule has 3 nitrogen and oxygen atoms in total. The largest absolute Gasteiger partial charge is 0.376 e. The van der Waals surface area contributed by atoms with Crippen LogP contribution in [0, 0.1) is 0 Å². The molecule has 0 aromatic heterocycles. The Morgan fingerprint density at radius 1 is 1.30 bits per heavy atom. The Hall–Kier alpha value is -0.900. The zero-order valence-corrected chi connectivity index (χ0v) is 12.3. The molecule has 1 aromatic carbocycles. The van der Waals surface area contributed by atoms with Gasteiger partial charge in [0.25, 0.3) is 0 Å². The van der Waals surface area contributed by atoms with Gasteiger partial charge >= 0.3 is 0 Å². The van der Waals surface area contributed by atoms with Crippen LogP contribution in [0.4, 0.5) is 0 Å². The molecule has 20 heavy (non-hydrogen) atoms. The zero-order valence-electron chi connectivity index (χ0n) is 12.3. The lowest BCUT2D eigenvalue weighted by molar-refractivity contribution is -0.0679. The monoisotopic (exact) mass is 275 g/mol. The number of hydrogen-bond acceptors (Lipinski definition) is 3. The summed E-state index contributed by atoms with van der Waals surface area (Å²) < 4.78 is 12.0. The van der Waals surface area contributed by atoms with Crippen LogP contribution < -0.4 is 5.32 Å². The second-order valence-corrected chi connectivity index (χ2v) is 5.80. The van der Waals surface area contributed by atoms with Gasteiger partial charge in [0.15, 0.2) is 0 Å². The quantitative estimate of drug-likeness (QED) is 0.896. The maximum absolute atomic E-state index is 6.20. The van der Waals surface area contributed by atoms with Gasteiger partial charge < -0.3 is 14.8 Å². The van der Waals surface area contributed by atoms with Crippen molar-refractivity contribution in [1.82, 2.24) is 5.32 Å². The van der Waals surface area contributed by atoms with E-state index in [9.17, 15) is 0 Å². The number of ether oxygens (including phenoxy) is 2. The van der Waals surface area contributed by atoms with Crippen LogP contribution in [0.1, 0.15) is 43.4 Å². The van der Waals surface area contributed by atoms with E-state index in [1.807, 2.05) is 0 Å². The Labute approximate surface area is 121 Å². The third-order valence-corrected chi connectivity index (χ3v) is 4.38. The van der Waals surface area contributed by atoms with Crippen molar-refractivity contribution in [1.29, 1.82) is 0 Å². The molecule has 3 rings (SSSR count). The fourth-order valence-corrected chi connectivity index (χ4v) is 3.34. The number of nitrogens with one attached hydrogen (secondary N) is 1. The summed E-state index contributed by atoms with van der Waals surface area (Å²) in [5.41, 5.74) is 2.83. The van der Waals surface area contributed by atoms with Crippen LogP contribution in [-0.4, -0.2) is 32.0 Å². The SMILES string of the molecule is CCNC1c2ccccc2CC1OCC1CCCCO1. The highest BCUT2D eigenvalue weighted by Gasteiger charge is 2.32. The zero-order chi connectivity index (χ0) is 13.8. The molecule has 1 heterocycles. The average molecular weight is 275 g/mol. The van der Waals surface area contributed by atoms with Crippen molar-refractivity contribution in [2.75, 3.05) is 19.8 Å². The highest BCUT2D eigenvalue weighted by atomic mass is 16.5. The van der Waals surface area contributed by atoms with Crippen molar-refractivity contribution in [2.45, 2.75) is 50.9 Å². The molecule has 1 aliphatic heterocycles. The van der Waals surface area contributed by atoms with Gasteiger partial charge in [-0.05, 0) is 36.9 Å². The van der Waals surface area contributed by atoms with E-state index >= 15 is 0 Å². The number of benzene rings is 1. The molecule has 3 heteroatoms. The first-order chi connectivity index (χ1) is 9.88. The molecule has 0 spiro atoms. The minimum absolute atomic E-state index is 0.248. The Kier molecular flexibility index (Phi) is 4.71. The third kappa shape index (κ3) is 3.05. The van der Waals surface area contributed by atoms with E-state index < -0.39 is 0 Å². The van der Waals surface area contributed by atoms with E-state index in [0.29, 0.717) is 12.1 Å². The van der Waals surface area contributed by atoms with Crippen LogP contribution in [-0.2, 0) is 15.9 Å². The average Bonchev–Trinajstić information content (AvgIpc) is 2.85. The fraction of sp³-hybridized carbons (Fsp3) is 0.647. The number of fused-ring (bicyclic) bond motifs is 1. The fourth-order valence-electron chi connectivity index (χ4n) is 3.34. The maximum Gasteiger partial charge on any atom is 0.0811 e. The standard InChI is InChI=1S/C17H25NO2/c1-2-18-17-15-9-4-3-7-13(15)11-16(17)20-12-14-8-5-6-10-19-14/h3-4,7,9,14,16-18H,2,5-6,8,10-12H2,1H3. The van der Waals surface area contributed by atoms with Gasteiger partial charge in [0, 0.05) is 13.0 Å². The summed E-state index contributed by atoms with van der Waals surface area (Å²) in [7, 11) is 0. The normalized spacial score (nSPS) is 29.4. The Morgan fingerprint density at radius 3 is 3.00 bits per heavy atom. The molecule has 0 bridgehead atoms. The molecule has 2 aliphatic rings. The van der Waals surface area contributed by atoms with E-state index in [0.717, 1.165) is 32.6 Å². The highest BCUT2D eigenvalue weighted by molar-refractivity contribution is 5.36. The number of rotatable bonds is 5. The summed E-state index contributed by atoms with van der Waals surface area (Å²) >= 11 is 0. The molecular weight excluding hydrogens is 250 g/mol. The van der Waals surface area contributed by atoms with Crippen molar-refractivity contribution in [2.24, 2.45) is 0 Å². The molecule has 1 aliphatic carbocycles. The molecular formula is C17H25NO2. The van der Waals surface area contributed by atoms with E-state index in [1.54, 1.807) is 0 Å². The smallest absolute Gasteiger partial charge is 0.0811 e. The lowest BCUT2D eigenvalue weighted by Gasteiger charge is -2.27. The van der Waals surface area contributed by atoms with Crippen LogP contribution in [0.2, 0.25) is 0 Å². The lowest BCUT2D eigenvalue weighted by atomic mass is 10.1. The van der Waals surface area contributed by atoms with Gasteiger partial charge in [-0.1, -0.05) is 31.2 Å². The first-order valence-corrected chi connectivity index (χ1v) is 7.93. The molecule has 3 unspecified atom stereocenters. The second-order valence-electron chi connectivity index (χ2n) is 5.80. The summed E-state index contributed by atoms with van der Waals surface area (Å²) in [6.07, 6.45) is 5.18. The van der Waals surface area contributed by atoms with Gasteiger partial charge in [0.05, 0.1) is 24.9 Å². The second kappa shape index (κ2) is 6.70. The van der Waals surface area contributed by atoms with Crippen molar-refractivity contribution in [3.63, 3.8) is 0 Å². The minimum atomic E-state index is 0.248. The minimum Gasteiger partial charge on any atom is -0.376 e. The van der Waals surface area contributed by atoms with Crippen LogP contribution in [0.3, 0.4) is 0 Å². The van der Waals surface area contributed by atoms with Gasteiger partial charge in [-0.3, -0.25) is 0 Å². The molecule has 0 saturated carbocycles. The van der Waals surface area contributed by atoms with Gasteiger partial charge in [0.1, 0.15) is 0 Å². The number of hydrogen-bond donors (Lipinski definition) is 1. The Balaban J connectivity index is 1.61. The van der Waals surface area contributed by atoms with Crippen molar-refractivity contribution in [3.05, 3.63) is 35.4 Å². The van der Waals surface area contributed by atoms with E-state index in [-0.39, 0.29) is 6.10 Å². The topological polar surface area (TPSA) is 30.5 Å². The molecule has 1 N–H and O–H groups in total. The molecule has 1 saturated heterocycles. The van der Waals surface area contributed by atoms with Gasteiger partial charge in [-0.25, -0.2) is 0 Å². The Bertz CT molecular complexity index is 429. The molecule has 3 atom stereocenters. The van der Waals surface area contributed by atoms with Crippen LogP contribution in [0.25, 0.3) is 0 Å². The third-order valence-electron chi connectivity index (χ3n) is 4.38. The molecule has 1 fully saturated rings. The Morgan fingerprint density at radius 2 is 2.20 bits per heavy atom. The number of likely N-dealkylation sites (N-methyl/N-ethyl adjacent to an activating group) is 1. The predicted molar refractivity (Wildman–Crippen MR) is 79.9 cm³/mol. The first-order valence-electron chi connectivity index (χ1n) is 7.93. The van der Waals surface area contributed by atoms with Crippen LogP contribution >= 0.6 is 0 Å². The maximum atomic E-state index is 6.20. The van der Waals surface area contributed by atoms with Crippen molar-refractivity contribution < 1.29 is 9.47 Å². The van der Waals surface area contributed by atoms with E-state index in [1.165, 1.54) is 24.0 Å². The van der Waals surface area contributed by atoms with Crippen LogP contribution in [0.5, 0.6) is 0 Å². The van der Waals surface area contributed by atoms with Crippen molar-refractivity contribution >= 4 is 0 Å². The summed E-state index contributed by atoms with van der Waals surface area (Å²) in [5.74, 6) is 0. The van der Waals surface area contributed by atoms with E-state index in [2.05, 4.69) is 36.5 Å². The summed E-state index contributed by atoms with van der Waals surface area (Å²) in [6.45, 7) is 4.76. The predicted octanol–water partition coefficient (Wildman–Crippen LogP) is 2.85. The van der Waals surface area contributed by atoms with Gasteiger partial charge in [-0.15, -0.1) is 0 Å². The highest BCUT2D eigenvalue weighted by Crippen LogP contribution is 2.33. The molecule has 0 amide bonds. The van der Waals surface area contributed by atoms with E-state index in [4.69, 9.17) is 9.47 Å². The molecule has 1 aromatic rings. The van der Waals surface area contributed by atoms with Gasteiger partial charge in [-0.2, -0.15) is 0 Å². The summed E-state index contributed by atoms with van der Waals surface area (Å²) in [5, 5.41) is 3.57. The molecule has 0 radical (unpaired) electrons. The summed E-state index contributed by atoms with van der Waals surface area (Å²) in [6, 6.07) is 9.02.